The van der Waals surface area contributed by atoms with Crippen molar-refractivity contribution in [2.24, 2.45) is 17.8 Å². The lowest BCUT2D eigenvalue weighted by atomic mass is 10.0. The Morgan fingerprint density at radius 3 is 2.67 bits per heavy atom. The van der Waals surface area contributed by atoms with Gasteiger partial charge in [-0.1, -0.05) is 11.6 Å². The van der Waals surface area contributed by atoms with Gasteiger partial charge in [0, 0.05) is 15.9 Å². The summed E-state index contributed by atoms with van der Waals surface area (Å²) in [6, 6.07) is 6.94. The molecule has 5 rings (SSSR count). The van der Waals surface area contributed by atoms with Gasteiger partial charge in [0.15, 0.2) is 17.3 Å². The molecule has 10 heteroatoms. The van der Waals surface area contributed by atoms with Gasteiger partial charge in [-0.05, 0) is 77.8 Å². The maximum absolute atomic E-state index is 14.6. The lowest BCUT2D eigenvalue weighted by Crippen LogP contribution is -2.15. The van der Waals surface area contributed by atoms with Gasteiger partial charge in [0.25, 0.3) is 0 Å². The van der Waals surface area contributed by atoms with Crippen molar-refractivity contribution >= 4 is 62.3 Å². The van der Waals surface area contributed by atoms with Crippen LogP contribution in [0.3, 0.4) is 0 Å². The zero-order chi connectivity index (χ0) is 22.2. The second-order valence-corrected chi connectivity index (χ2v) is 9.65. The zero-order valence-electron chi connectivity index (χ0n) is 17.9. The summed E-state index contributed by atoms with van der Waals surface area (Å²) in [4.78, 5) is 8.67. The fraction of sp³-hybridized carbons (Fsp3) is 0.391. The van der Waals surface area contributed by atoms with Crippen LogP contribution < -0.4 is 20.1 Å². The molecule has 3 aromatic rings. The molecule has 0 unspecified atom stereocenters. The van der Waals surface area contributed by atoms with Crippen LogP contribution in [0.15, 0.2) is 35.1 Å². The lowest BCUT2D eigenvalue weighted by Gasteiger charge is -2.17. The van der Waals surface area contributed by atoms with Crippen LogP contribution in [-0.2, 0) is 0 Å². The van der Waals surface area contributed by atoms with Crippen molar-refractivity contribution in [1.29, 1.82) is 0 Å². The molecule has 1 saturated heterocycles. The van der Waals surface area contributed by atoms with E-state index < -0.39 is 5.82 Å². The van der Waals surface area contributed by atoms with Gasteiger partial charge < -0.3 is 20.1 Å². The number of nitrogens with zero attached hydrogens (tertiary/aromatic N) is 2. The molecule has 1 saturated carbocycles. The first-order valence-electron chi connectivity index (χ1n) is 10.6. The lowest BCUT2D eigenvalue weighted by molar-refractivity contribution is 0.234. The molecular formula is C23H24BrCl2FN4O2. The quantitative estimate of drug-likeness (QED) is 0.363. The van der Waals surface area contributed by atoms with Gasteiger partial charge in [-0.3, -0.25) is 0 Å². The van der Waals surface area contributed by atoms with Gasteiger partial charge in [0.05, 0.1) is 29.9 Å². The van der Waals surface area contributed by atoms with Crippen molar-refractivity contribution < 1.29 is 13.9 Å². The molecule has 0 spiro atoms. The molecule has 2 heterocycles. The predicted molar refractivity (Wildman–Crippen MR) is 134 cm³/mol. The molecule has 2 fully saturated rings. The van der Waals surface area contributed by atoms with Crippen molar-refractivity contribution in [3.05, 3.63) is 45.9 Å². The molecule has 1 aromatic heterocycles. The van der Waals surface area contributed by atoms with Crippen LogP contribution in [0.4, 0.5) is 15.9 Å². The largest absolute Gasteiger partial charge is 0.493 e. The number of benzene rings is 2. The number of anilines is 2. The van der Waals surface area contributed by atoms with E-state index in [4.69, 9.17) is 21.1 Å². The Labute approximate surface area is 211 Å². The van der Waals surface area contributed by atoms with Gasteiger partial charge in [-0.15, -0.1) is 12.4 Å². The highest BCUT2D eigenvalue weighted by molar-refractivity contribution is 9.10. The summed E-state index contributed by atoms with van der Waals surface area (Å²) in [5.74, 6) is 3.24. The van der Waals surface area contributed by atoms with E-state index in [0.29, 0.717) is 45.2 Å². The third-order valence-electron chi connectivity index (χ3n) is 6.44. The van der Waals surface area contributed by atoms with E-state index in [0.717, 1.165) is 24.9 Å². The van der Waals surface area contributed by atoms with Crippen molar-refractivity contribution in [1.82, 2.24) is 15.3 Å². The summed E-state index contributed by atoms with van der Waals surface area (Å²) in [7, 11) is 1.60. The Bertz CT molecular complexity index is 1160. The molecule has 0 amide bonds. The van der Waals surface area contributed by atoms with Gasteiger partial charge >= 0.3 is 0 Å². The molecule has 2 aromatic carbocycles. The van der Waals surface area contributed by atoms with E-state index in [1.807, 2.05) is 12.1 Å². The van der Waals surface area contributed by atoms with Crippen LogP contribution in [0.5, 0.6) is 11.5 Å². The van der Waals surface area contributed by atoms with E-state index in [9.17, 15) is 4.39 Å². The van der Waals surface area contributed by atoms with Gasteiger partial charge in [0.2, 0.25) is 0 Å². The van der Waals surface area contributed by atoms with Crippen LogP contribution in [0.25, 0.3) is 10.9 Å². The van der Waals surface area contributed by atoms with E-state index in [1.165, 1.54) is 19.2 Å². The molecule has 33 heavy (non-hydrogen) atoms. The number of methoxy groups -OCH3 is 1. The van der Waals surface area contributed by atoms with E-state index in [2.05, 4.69) is 36.5 Å². The average Bonchev–Trinajstić information content (AvgIpc) is 3.39. The summed E-state index contributed by atoms with van der Waals surface area (Å²) < 4.78 is 26.8. The van der Waals surface area contributed by atoms with E-state index >= 15 is 0 Å². The van der Waals surface area contributed by atoms with Crippen molar-refractivity contribution in [3.63, 3.8) is 0 Å². The Morgan fingerprint density at radius 1 is 1.18 bits per heavy atom. The minimum Gasteiger partial charge on any atom is -0.493 e. The normalized spacial score (nSPS) is 21.5. The number of nitrogens with one attached hydrogen (secondary N) is 2. The van der Waals surface area contributed by atoms with Crippen molar-refractivity contribution in [2.45, 2.75) is 12.8 Å². The number of aromatic nitrogens is 2. The number of ether oxygens (including phenoxy) is 2. The summed E-state index contributed by atoms with van der Waals surface area (Å²) in [6.45, 7) is 2.91. The standard InChI is InChI=1S/C23H23BrClFN4O2.ClH/c1-31-19-6-15-18(7-20(19)32-10-12-4-13-8-27-9-14(13)5-12)28-11-29-23(15)30-17-3-2-16(24)21(25)22(17)26;/h2-3,6-7,11-14,27H,4-5,8-10H2,1H3,(H,28,29,30);1H/t12-,13-,14+;. The fourth-order valence-electron chi connectivity index (χ4n) is 4.82. The molecule has 6 nitrogen and oxygen atoms in total. The minimum atomic E-state index is -0.559. The van der Waals surface area contributed by atoms with Crippen LogP contribution in [0, 0.1) is 23.6 Å². The highest BCUT2D eigenvalue weighted by Crippen LogP contribution is 2.40. The number of halogens is 4. The highest BCUT2D eigenvalue weighted by Gasteiger charge is 2.37. The van der Waals surface area contributed by atoms with Gasteiger partial charge in [-0.25, -0.2) is 14.4 Å². The minimum absolute atomic E-state index is 0. The second kappa shape index (κ2) is 10.2. The van der Waals surface area contributed by atoms with Gasteiger partial charge in [-0.2, -0.15) is 0 Å². The van der Waals surface area contributed by atoms with Crippen LogP contribution in [0.1, 0.15) is 12.8 Å². The fourth-order valence-corrected chi connectivity index (χ4v) is 5.29. The molecule has 2 N–H and O–H groups in total. The Hall–Kier alpha value is -1.87. The molecule has 1 aliphatic carbocycles. The second-order valence-electron chi connectivity index (χ2n) is 8.42. The molecule has 1 aliphatic heterocycles. The van der Waals surface area contributed by atoms with Crippen LogP contribution in [0.2, 0.25) is 5.02 Å². The first-order chi connectivity index (χ1) is 15.5. The topological polar surface area (TPSA) is 68.3 Å². The van der Waals surface area contributed by atoms with E-state index in [-0.39, 0.29) is 23.1 Å². The van der Waals surface area contributed by atoms with E-state index in [1.54, 1.807) is 19.2 Å². The number of hydrogen-bond acceptors (Lipinski definition) is 6. The van der Waals surface area contributed by atoms with Crippen LogP contribution in [-0.4, -0.2) is 36.8 Å². The average molecular weight is 558 g/mol. The first-order valence-corrected chi connectivity index (χ1v) is 11.8. The Kier molecular flexibility index (Phi) is 7.48. The summed E-state index contributed by atoms with van der Waals surface area (Å²) in [5, 5.41) is 7.19. The molecule has 0 bridgehead atoms. The van der Waals surface area contributed by atoms with Crippen LogP contribution >= 0.6 is 39.9 Å². The Balaban J connectivity index is 0.00000259. The molecule has 0 radical (unpaired) electrons. The smallest absolute Gasteiger partial charge is 0.166 e. The number of fused-ring (bicyclic) bond motifs is 2. The van der Waals surface area contributed by atoms with Crippen molar-refractivity contribution in [3.8, 4) is 11.5 Å². The maximum atomic E-state index is 14.6. The third kappa shape index (κ3) is 4.85. The third-order valence-corrected chi connectivity index (χ3v) is 7.69. The highest BCUT2D eigenvalue weighted by atomic mass is 79.9. The molecule has 2 aliphatic rings. The zero-order valence-corrected chi connectivity index (χ0v) is 21.1. The monoisotopic (exact) mass is 556 g/mol. The Morgan fingerprint density at radius 2 is 1.94 bits per heavy atom. The molecule has 176 valence electrons. The SMILES string of the molecule is COc1cc2c(Nc3ccc(Br)c(Cl)c3F)ncnc2cc1OC[C@H]1C[C@H]2CNC[C@H]2C1.Cl. The first kappa shape index (κ1) is 24.3. The summed E-state index contributed by atoms with van der Waals surface area (Å²) >= 11 is 9.25. The summed E-state index contributed by atoms with van der Waals surface area (Å²) in [6.07, 6.45) is 3.83. The maximum Gasteiger partial charge on any atom is 0.166 e. The number of hydrogen-bond donors (Lipinski definition) is 2. The molecule has 3 atom stereocenters. The summed E-state index contributed by atoms with van der Waals surface area (Å²) in [5.41, 5.74) is 0.896. The number of rotatable bonds is 6. The predicted octanol–water partition coefficient (Wildman–Crippen LogP) is 5.98. The van der Waals surface area contributed by atoms with Crippen molar-refractivity contribution in [2.75, 3.05) is 32.1 Å². The molecular weight excluding hydrogens is 534 g/mol. The van der Waals surface area contributed by atoms with Gasteiger partial charge in [0.1, 0.15) is 12.1 Å².